The Balaban J connectivity index is 1.53. The highest BCUT2D eigenvalue weighted by atomic mass is 19.1. The summed E-state index contributed by atoms with van der Waals surface area (Å²) < 4.78 is 14.6. The summed E-state index contributed by atoms with van der Waals surface area (Å²) in [7, 11) is 0. The number of amides is 3. The molecule has 1 N–H and O–H groups in total. The maximum absolute atomic E-state index is 13.0. The molecule has 148 valence electrons. The van der Waals surface area contributed by atoms with Crippen molar-refractivity contribution in [3.8, 4) is 0 Å². The minimum absolute atomic E-state index is 0.0839. The zero-order chi connectivity index (χ0) is 20.3. The summed E-state index contributed by atoms with van der Waals surface area (Å²) in [5.74, 6) is -1.92. The Kier molecular flexibility index (Phi) is 5.67. The third-order valence-corrected chi connectivity index (χ3v) is 4.42. The summed E-state index contributed by atoms with van der Waals surface area (Å²) in [6.07, 6.45) is 1.55. The molecule has 0 saturated carbocycles. The summed E-state index contributed by atoms with van der Waals surface area (Å²) in [5, 5.41) is 10.1. The van der Waals surface area contributed by atoms with E-state index in [9.17, 15) is 18.8 Å². The van der Waals surface area contributed by atoms with Gasteiger partial charge >= 0.3 is 11.8 Å². The number of aromatic nitrogens is 3. The zero-order valence-electron chi connectivity index (χ0n) is 15.6. The SMILES string of the molecule is CC(C)n1cc(NC(=O)C(=O)N2CCN(C(=O)c3ccc(F)cc3)CC2)nn1. The fraction of sp³-hybridized carbons (Fsp3) is 0.389. The highest BCUT2D eigenvalue weighted by molar-refractivity contribution is 6.39. The molecule has 2 heterocycles. The van der Waals surface area contributed by atoms with Crippen LogP contribution < -0.4 is 5.32 Å². The second-order valence-corrected chi connectivity index (χ2v) is 6.72. The molecule has 3 rings (SSSR count). The molecule has 9 nitrogen and oxygen atoms in total. The lowest BCUT2D eigenvalue weighted by Crippen LogP contribution is -2.53. The van der Waals surface area contributed by atoms with Crippen molar-refractivity contribution in [3.05, 3.63) is 41.8 Å². The van der Waals surface area contributed by atoms with Crippen molar-refractivity contribution >= 4 is 23.5 Å². The van der Waals surface area contributed by atoms with Gasteiger partial charge in [-0.3, -0.25) is 19.7 Å². The molecule has 28 heavy (non-hydrogen) atoms. The van der Waals surface area contributed by atoms with E-state index >= 15 is 0 Å². The van der Waals surface area contributed by atoms with Crippen molar-refractivity contribution < 1.29 is 18.8 Å². The van der Waals surface area contributed by atoms with Gasteiger partial charge in [-0.25, -0.2) is 9.07 Å². The number of rotatable bonds is 3. The van der Waals surface area contributed by atoms with Crippen LogP contribution in [0.1, 0.15) is 30.2 Å². The van der Waals surface area contributed by atoms with Gasteiger partial charge in [-0.1, -0.05) is 5.21 Å². The average molecular weight is 388 g/mol. The second kappa shape index (κ2) is 8.15. The first-order valence-corrected chi connectivity index (χ1v) is 8.92. The first kappa shape index (κ1) is 19.5. The van der Waals surface area contributed by atoms with Gasteiger partial charge in [-0.15, -0.1) is 5.10 Å². The third-order valence-electron chi connectivity index (χ3n) is 4.42. The minimum Gasteiger partial charge on any atom is -0.335 e. The van der Waals surface area contributed by atoms with Crippen molar-refractivity contribution in [2.45, 2.75) is 19.9 Å². The van der Waals surface area contributed by atoms with E-state index in [1.165, 1.54) is 29.2 Å². The zero-order valence-corrected chi connectivity index (χ0v) is 15.6. The lowest BCUT2D eigenvalue weighted by molar-refractivity contribution is -0.144. The normalized spacial score (nSPS) is 14.3. The van der Waals surface area contributed by atoms with Gasteiger partial charge in [0.1, 0.15) is 5.82 Å². The van der Waals surface area contributed by atoms with E-state index in [1.807, 2.05) is 13.8 Å². The molecule has 3 amide bonds. The lowest BCUT2D eigenvalue weighted by Gasteiger charge is -2.34. The molecule has 1 saturated heterocycles. The summed E-state index contributed by atoms with van der Waals surface area (Å²) in [5.41, 5.74) is 0.382. The van der Waals surface area contributed by atoms with Crippen molar-refractivity contribution in [3.63, 3.8) is 0 Å². The quantitative estimate of drug-likeness (QED) is 0.788. The molecule has 10 heteroatoms. The predicted molar refractivity (Wildman–Crippen MR) is 97.9 cm³/mol. The van der Waals surface area contributed by atoms with Crippen LogP contribution in [0.3, 0.4) is 0 Å². The van der Waals surface area contributed by atoms with E-state index in [2.05, 4.69) is 15.6 Å². The van der Waals surface area contributed by atoms with Gasteiger partial charge in [-0.2, -0.15) is 0 Å². The Morgan fingerprint density at radius 2 is 1.64 bits per heavy atom. The fourth-order valence-corrected chi connectivity index (χ4v) is 2.79. The summed E-state index contributed by atoms with van der Waals surface area (Å²) in [6, 6.07) is 5.39. The standard InChI is InChI=1S/C18H21FN6O3/c1-12(2)25-11-15(21-22-25)20-16(26)18(28)24-9-7-23(8-10-24)17(27)13-3-5-14(19)6-4-13/h3-6,11-12H,7-10H2,1-2H3,(H,20,26). The van der Waals surface area contributed by atoms with Crippen LogP contribution in [0.2, 0.25) is 0 Å². The van der Waals surface area contributed by atoms with Crippen LogP contribution in [0.15, 0.2) is 30.5 Å². The smallest absolute Gasteiger partial charge is 0.315 e. The number of hydrogen-bond acceptors (Lipinski definition) is 5. The maximum atomic E-state index is 13.0. The predicted octanol–water partition coefficient (Wildman–Crippen LogP) is 0.921. The van der Waals surface area contributed by atoms with Crippen LogP contribution in [-0.4, -0.2) is 68.7 Å². The van der Waals surface area contributed by atoms with Gasteiger partial charge in [0.25, 0.3) is 5.91 Å². The van der Waals surface area contributed by atoms with Crippen LogP contribution in [-0.2, 0) is 9.59 Å². The van der Waals surface area contributed by atoms with E-state index in [4.69, 9.17) is 0 Å². The highest BCUT2D eigenvalue weighted by Gasteiger charge is 2.28. The number of halogens is 1. The number of hydrogen-bond donors (Lipinski definition) is 1. The maximum Gasteiger partial charge on any atom is 0.315 e. The third kappa shape index (κ3) is 4.33. The summed E-state index contributed by atoms with van der Waals surface area (Å²) in [4.78, 5) is 39.9. The second-order valence-electron chi connectivity index (χ2n) is 6.72. The van der Waals surface area contributed by atoms with Crippen LogP contribution in [0.4, 0.5) is 10.2 Å². The molecule has 1 aromatic carbocycles. The van der Waals surface area contributed by atoms with Gasteiger partial charge in [0.2, 0.25) is 0 Å². The van der Waals surface area contributed by atoms with E-state index in [0.29, 0.717) is 18.7 Å². The van der Waals surface area contributed by atoms with E-state index in [0.717, 1.165) is 0 Å². The monoisotopic (exact) mass is 388 g/mol. The van der Waals surface area contributed by atoms with Gasteiger partial charge in [0.05, 0.1) is 6.20 Å². The molecular formula is C18H21FN6O3. The molecular weight excluding hydrogens is 367 g/mol. The van der Waals surface area contributed by atoms with Gasteiger partial charge in [0, 0.05) is 37.8 Å². The number of piperazine rings is 1. The minimum atomic E-state index is -0.797. The first-order chi connectivity index (χ1) is 13.3. The van der Waals surface area contributed by atoms with Gasteiger partial charge in [0.15, 0.2) is 5.82 Å². The molecule has 1 aromatic heterocycles. The molecule has 1 aliphatic rings. The van der Waals surface area contributed by atoms with Crippen molar-refractivity contribution in [1.82, 2.24) is 24.8 Å². The van der Waals surface area contributed by atoms with Crippen LogP contribution in [0.25, 0.3) is 0 Å². The summed E-state index contributed by atoms with van der Waals surface area (Å²) in [6.45, 7) is 4.88. The van der Waals surface area contributed by atoms with Crippen LogP contribution >= 0.6 is 0 Å². The average Bonchev–Trinajstić information content (AvgIpc) is 3.16. The number of benzene rings is 1. The number of anilines is 1. The van der Waals surface area contributed by atoms with Crippen molar-refractivity contribution in [1.29, 1.82) is 0 Å². The topological polar surface area (TPSA) is 100 Å². The van der Waals surface area contributed by atoms with E-state index in [-0.39, 0.29) is 30.9 Å². The van der Waals surface area contributed by atoms with E-state index < -0.39 is 17.6 Å². The molecule has 0 atom stereocenters. The molecule has 1 fully saturated rings. The largest absolute Gasteiger partial charge is 0.335 e. The Morgan fingerprint density at radius 1 is 1.04 bits per heavy atom. The van der Waals surface area contributed by atoms with Gasteiger partial charge < -0.3 is 9.80 Å². The molecule has 0 unspecified atom stereocenters. The Labute approximate surface area is 161 Å². The Morgan fingerprint density at radius 3 is 2.21 bits per heavy atom. The molecule has 0 radical (unpaired) electrons. The van der Waals surface area contributed by atoms with Crippen molar-refractivity contribution in [2.75, 3.05) is 31.5 Å². The van der Waals surface area contributed by atoms with Crippen LogP contribution in [0.5, 0.6) is 0 Å². The fourth-order valence-electron chi connectivity index (χ4n) is 2.79. The number of nitrogens with one attached hydrogen (secondary N) is 1. The Bertz CT molecular complexity index is 872. The number of carbonyl (C=O) groups excluding carboxylic acids is 3. The molecule has 0 spiro atoms. The molecule has 0 bridgehead atoms. The lowest BCUT2D eigenvalue weighted by atomic mass is 10.1. The summed E-state index contributed by atoms with van der Waals surface area (Å²) >= 11 is 0. The number of nitrogens with zero attached hydrogens (tertiary/aromatic N) is 5. The molecule has 1 aliphatic heterocycles. The van der Waals surface area contributed by atoms with Gasteiger partial charge in [-0.05, 0) is 38.1 Å². The molecule has 2 aromatic rings. The highest BCUT2D eigenvalue weighted by Crippen LogP contribution is 2.11. The van der Waals surface area contributed by atoms with Crippen LogP contribution in [0, 0.1) is 5.82 Å². The first-order valence-electron chi connectivity index (χ1n) is 8.92. The number of carbonyl (C=O) groups is 3. The Hall–Kier alpha value is -3.30. The van der Waals surface area contributed by atoms with Crippen molar-refractivity contribution in [2.24, 2.45) is 0 Å². The molecule has 0 aliphatic carbocycles. The van der Waals surface area contributed by atoms with E-state index in [1.54, 1.807) is 15.8 Å².